The molecule has 0 bridgehead atoms. The summed E-state index contributed by atoms with van der Waals surface area (Å²) in [6.45, 7) is 3.68. The summed E-state index contributed by atoms with van der Waals surface area (Å²) in [5.74, 6) is 0.513. The predicted molar refractivity (Wildman–Crippen MR) is 121 cm³/mol. The summed E-state index contributed by atoms with van der Waals surface area (Å²) in [5, 5.41) is 19.8. The molecule has 0 radical (unpaired) electrons. The van der Waals surface area contributed by atoms with E-state index in [1.165, 1.54) is 34.3 Å². The van der Waals surface area contributed by atoms with Crippen LogP contribution in [0.3, 0.4) is 0 Å². The van der Waals surface area contributed by atoms with Gasteiger partial charge in [0.15, 0.2) is 0 Å². The summed E-state index contributed by atoms with van der Waals surface area (Å²) in [4.78, 5) is 10.4. The zero-order chi connectivity index (χ0) is 22.6. The van der Waals surface area contributed by atoms with Gasteiger partial charge in [-0.05, 0) is 48.6 Å². The van der Waals surface area contributed by atoms with Gasteiger partial charge in [0.05, 0.1) is 22.1 Å². The van der Waals surface area contributed by atoms with Crippen LogP contribution in [-0.4, -0.2) is 23.2 Å². The van der Waals surface area contributed by atoms with E-state index in [9.17, 15) is 23.8 Å². The number of benzene rings is 2. The molecule has 0 fully saturated rings. The first-order chi connectivity index (χ1) is 14.8. The maximum Gasteiger partial charge on any atom is 0.269 e. The molecule has 1 unspecified atom stereocenters. The number of halogens is 1. The Morgan fingerprint density at radius 1 is 1.23 bits per heavy atom. The maximum absolute atomic E-state index is 13.6. The topological polar surface area (TPSA) is 106 Å². The summed E-state index contributed by atoms with van der Waals surface area (Å²) in [6, 6.07) is 12.3. The molecule has 3 aromatic rings. The van der Waals surface area contributed by atoms with Crippen LogP contribution in [0.1, 0.15) is 34.8 Å². The van der Waals surface area contributed by atoms with Crippen molar-refractivity contribution in [2.75, 3.05) is 5.88 Å². The summed E-state index contributed by atoms with van der Waals surface area (Å²) in [6.07, 6.45) is 5.08. The van der Waals surface area contributed by atoms with Crippen molar-refractivity contribution in [2.24, 2.45) is 0 Å². The number of alkyl halides is 1. The van der Waals surface area contributed by atoms with Gasteiger partial charge in [0.2, 0.25) is 10.0 Å². The first kappa shape index (κ1) is 22.5. The first-order valence-corrected chi connectivity index (χ1v) is 11.6. The van der Waals surface area contributed by atoms with Crippen molar-refractivity contribution in [2.45, 2.75) is 24.5 Å². The van der Waals surface area contributed by atoms with Crippen LogP contribution in [0, 0.1) is 21.4 Å². The Labute approximate surface area is 185 Å². The average molecular weight is 458 g/mol. The van der Waals surface area contributed by atoms with Crippen molar-refractivity contribution < 1.29 is 13.3 Å². The van der Waals surface area contributed by atoms with E-state index in [2.05, 4.69) is 12.6 Å². The Morgan fingerprint density at radius 2 is 1.94 bits per heavy atom. The second-order valence-corrected chi connectivity index (χ2v) is 9.30. The predicted octanol–water partition coefficient (Wildman–Crippen LogP) is 5.09. The van der Waals surface area contributed by atoms with Gasteiger partial charge in [-0.15, -0.1) is 18.2 Å². The number of aryl methyl sites for hydroxylation is 1. The second kappa shape index (κ2) is 9.33. The molecule has 0 aliphatic heterocycles. The van der Waals surface area contributed by atoms with Crippen LogP contribution in [0.2, 0.25) is 0 Å². The van der Waals surface area contributed by atoms with E-state index < -0.39 is 20.2 Å². The van der Waals surface area contributed by atoms with Gasteiger partial charge in [-0.2, -0.15) is 5.26 Å². The standard InChI is InChI=1S/C22H20ClN3O4S/c1-2-22(17-7-9-19(10-8-17)26(27)28)31(29,30)25-15-18(5-3-4-12-23)20-13-16(14-24)6-11-21(20)25/h2,6-11,13,15,22H,1,3-5,12H2. The Bertz CT molecular complexity index is 1270. The highest BCUT2D eigenvalue weighted by atomic mass is 35.5. The number of nitro groups is 1. The van der Waals surface area contributed by atoms with Crippen molar-refractivity contribution >= 4 is 38.2 Å². The molecule has 7 nitrogen and oxygen atoms in total. The van der Waals surface area contributed by atoms with Gasteiger partial charge in [-0.25, -0.2) is 12.4 Å². The van der Waals surface area contributed by atoms with Crippen molar-refractivity contribution in [3.63, 3.8) is 0 Å². The Morgan fingerprint density at radius 3 is 2.52 bits per heavy atom. The second-order valence-electron chi connectivity index (χ2n) is 6.99. The van der Waals surface area contributed by atoms with Gasteiger partial charge in [0, 0.05) is 29.6 Å². The van der Waals surface area contributed by atoms with Crippen LogP contribution in [0.25, 0.3) is 10.9 Å². The molecule has 0 saturated heterocycles. The number of nitriles is 1. The number of nitrogens with zero attached hydrogens (tertiary/aromatic N) is 3. The van der Waals surface area contributed by atoms with E-state index in [1.54, 1.807) is 24.4 Å². The summed E-state index contributed by atoms with van der Waals surface area (Å²) >= 11 is 5.77. The molecule has 1 atom stereocenters. The molecule has 0 aliphatic rings. The number of fused-ring (bicyclic) bond motifs is 1. The number of unbranched alkanes of at least 4 members (excludes halogenated alkanes) is 1. The van der Waals surface area contributed by atoms with Crippen molar-refractivity contribution in [3.8, 4) is 6.07 Å². The lowest BCUT2D eigenvalue weighted by Crippen LogP contribution is -2.19. The normalized spacial score (nSPS) is 12.4. The minimum atomic E-state index is -3.97. The molecule has 0 amide bonds. The number of hydrogen-bond donors (Lipinski definition) is 0. The number of aromatic nitrogens is 1. The molecular weight excluding hydrogens is 438 g/mol. The molecule has 0 spiro atoms. The minimum Gasteiger partial charge on any atom is -0.258 e. The van der Waals surface area contributed by atoms with Crippen LogP contribution >= 0.6 is 11.6 Å². The van der Waals surface area contributed by atoms with Crippen LogP contribution in [0.4, 0.5) is 5.69 Å². The number of nitro benzene ring substituents is 1. The molecule has 0 aliphatic carbocycles. The van der Waals surface area contributed by atoms with Crippen molar-refractivity contribution in [1.29, 1.82) is 5.26 Å². The number of rotatable bonds is 9. The third-order valence-electron chi connectivity index (χ3n) is 5.05. The summed E-state index contributed by atoms with van der Waals surface area (Å²) < 4.78 is 28.3. The molecule has 160 valence electrons. The Balaban J connectivity index is 2.12. The van der Waals surface area contributed by atoms with E-state index >= 15 is 0 Å². The maximum atomic E-state index is 13.6. The smallest absolute Gasteiger partial charge is 0.258 e. The highest BCUT2D eigenvalue weighted by Crippen LogP contribution is 2.32. The van der Waals surface area contributed by atoms with E-state index in [-0.39, 0.29) is 5.69 Å². The molecule has 2 aromatic carbocycles. The van der Waals surface area contributed by atoms with Gasteiger partial charge in [0.1, 0.15) is 5.25 Å². The minimum absolute atomic E-state index is 0.124. The monoisotopic (exact) mass is 457 g/mol. The van der Waals surface area contributed by atoms with E-state index in [0.29, 0.717) is 34.3 Å². The molecule has 31 heavy (non-hydrogen) atoms. The van der Waals surface area contributed by atoms with Crippen LogP contribution in [-0.2, 0) is 16.4 Å². The zero-order valence-corrected chi connectivity index (χ0v) is 18.1. The van der Waals surface area contributed by atoms with E-state index in [0.717, 1.165) is 18.4 Å². The third-order valence-corrected chi connectivity index (χ3v) is 7.28. The van der Waals surface area contributed by atoms with Gasteiger partial charge in [0.25, 0.3) is 5.69 Å². The lowest BCUT2D eigenvalue weighted by molar-refractivity contribution is -0.384. The van der Waals surface area contributed by atoms with Gasteiger partial charge < -0.3 is 0 Å². The fraction of sp³-hybridized carbons (Fsp3) is 0.227. The SMILES string of the molecule is C=CC(c1ccc([N+](=O)[O-])cc1)S(=O)(=O)n1cc(CCCCCl)c2cc(C#N)ccc21. The van der Waals surface area contributed by atoms with Gasteiger partial charge >= 0.3 is 0 Å². The molecular formula is C22H20ClN3O4S. The highest BCUT2D eigenvalue weighted by molar-refractivity contribution is 7.90. The first-order valence-electron chi connectivity index (χ1n) is 9.54. The molecule has 1 heterocycles. The third kappa shape index (κ3) is 4.48. The molecule has 0 N–H and O–H groups in total. The van der Waals surface area contributed by atoms with Crippen LogP contribution < -0.4 is 0 Å². The molecule has 0 saturated carbocycles. The fourth-order valence-corrected chi connectivity index (χ4v) is 5.38. The molecule has 3 rings (SSSR count). The summed E-state index contributed by atoms with van der Waals surface area (Å²) in [5.41, 5.74) is 1.97. The average Bonchev–Trinajstić information content (AvgIpc) is 3.13. The van der Waals surface area contributed by atoms with Crippen molar-refractivity contribution in [1.82, 2.24) is 3.97 Å². The molecule has 1 aromatic heterocycles. The van der Waals surface area contributed by atoms with E-state index in [1.807, 2.05) is 0 Å². The lowest BCUT2D eigenvalue weighted by atomic mass is 10.1. The van der Waals surface area contributed by atoms with Gasteiger partial charge in [-0.1, -0.05) is 18.2 Å². The van der Waals surface area contributed by atoms with Crippen LogP contribution in [0.15, 0.2) is 61.3 Å². The van der Waals surface area contributed by atoms with Crippen molar-refractivity contribution in [3.05, 3.63) is 88.1 Å². The van der Waals surface area contributed by atoms with E-state index in [4.69, 9.17) is 11.6 Å². The number of non-ortho nitro benzene ring substituents is 1. The quantitative estimate of drug-likeness (QED) is 0.146. The Hall–Kier alpha value is -3.15. The van der Waals surface area contributed by atoms with Gasteiger partial charge in [-0.3, -0.25) is 10.1 Å². The zero-order valence-electron chi connectivity index (χ0n) is 16.6. The lowest BCUT2D eigenvalue weighted by Gasteiger charge is -2.16. The molecule has 9 heteroatoms. The summed E-state index contributed by atoms with van der Waals surface area (Å²) in [7, 11) is -3.97. The fourth-order valence-electron chi connectivity index (χ4n) is 3.49. The van der Waals surface area contributed by atoms with Crippen LogP contribution in [0.5, 0.6) is 0 Å². The number of hydrogen-bond acceptors (Lipinski definition) is 5. The highest BCUT2D eigenvalue weighted by Gasteiger charge is 2.29. The largest absolute Gasteiger partial charge is 0.269 e. The Kier molecular flexibility index (Phi) is 6.78.